The van der Waals surface area contributed by atoms with Gasteiger partial charge >= 0.3 is 0 Å². The third-order valence-corrected chi connectivity index (χ3v) is 5.06. The summed E-state index contributed by atoms with van der Waals surface area (Å²) >= 11 is 0. The van der Waals surface area contributed by atoms with Crippen molar-refractivity contribution in [2.75, 3.05) is 24.3 Å². The van der Waals surface area contributed by atoms with Crippen LogP contribution in [0.15, 0.2) is 71.6 Å². The van der Waals surface area contributed by atoms with Crippen LogP contribution in [0.4, 0.5) is 11.6 Å². The van der Waals surface area contributed by atoms with Crippen molar-refractivity contribution in [2.45, 2.75) is 20.3 Å². The van der Waals surface area contributed by atoms with E-state index in [-0.39, 0.29) is 5.91 Å². The highest BCUT2D eigenvalue weighted by Crippen LogP contribution is 2.36. The first kappa shape index (κ1) is 21.2. The van der Waals surface area contributed by atoms with Gasteiger partial charge in [-0.2, -0.15) is 0 Å². The minimum Gasteiger partial charge on any atom is -0.454 e. The minimum absolute atomic E-state index is 0.175. The van der Waals surface area contributed by atoms with E-state index in [2.05, 4.69) is 20.3 Å². The number of ether oxygens (including phenoxy) is 1. The predicted molar refractivity (Wildman–Crippen MR) is 127 cm³/mol. The Hall–Kier alpha value is -4.00. The number of allylic oxidation sites excluding steroid dienone is 1. The number of fused-ring (bicyclic) bond motifs is 2. The third kappa shape index (κ3) is 4.67. The smallest absolute Gasteiger partial charge is 0.259 e. The second-order valence-corrected chi connectivity index (χ2v) is 7.92. The lowest BCUT2D eigenvalue weighted by molar-refractivity contribution is 0.102. The largest absolute Gasteiger partial charge is 0.454 e. The van der Waals surface area contributed by atoms with Gasteiger partial charge in [0.15, 0.2) is 5.75 Å². The van der Waals surface area contributed by atoms with Crippen molar-refractivity contribution in [2.24, 2.45) is 4.99 Å². The molecule has 0 saturated carbocycles. The Balaban J connectivity index is 1.48. The van der Waals surface area contributed by atoms with Crippen molar-refractivity contribution >= 4 is 23.3 Å². The SMILES string of the molecule is CC(=N/C=C(\C)Cc1ccc2c(c1)NC(=O)c1ccccc1O2)c1cnc(N(C)C)nc1. The maximum atomic E-state index is 12.5. The van der Waals surface area contributed by atoms with Crippen molar-refractivity contribution in [3.8, 4) is 11.5 Å². The van der Waals surface area contributed by atoms with Crippen molar-refractivity contribution in [1.29, 1.82) is 0 Å². The lowest BCUT2D eigenvalue weighted by Crippen LogP contribution is -2.13. The first-order valence-corrected chi connectivity index (χ1v) is 10.3. The van der Waals surface area contributed by atoms with Crippen molar-refractivity contribution in [1.82, 2.24) is 9.97 Å². The number of aliphatic imine (C=N–C) groups is 1. The van der Waals surface area contributed by atoms with Crippen LogP contribution in [0.1, 0.15) is 35.3 Å². The minimum atomic E-state index is -0.175. The molecule has 0 fully saturated rings. The van der Waals surface area contributed by atoms with Gasteiger partial charge in [0.2, 0.25) is 5.95 Å². The summed E-state index contributed by atoms with van der Waals surface area (Å²) < 4.78 is 5.95. The van der Waals surface area contributed by atoms with Gasteiger partial charge in [-0.3, -0.25) is 9.79 Å². The van der Waals surface area contributed by atoms with Gasteiger partial charge < -0.3 is 15.0 Å². The molecule has 1 N–H and O–H groups in total. The number of aromatic nitrogens is 2. The molecular weight excluding hydrogens is 402 g/mol. The van der Waals surface area contributed by atoms with Crippen LogP contribution in [-0.2, 0) is 6.42 Å². The molecule has 1 amide bonds. The lowest BCUT2D eigenvalue weighted by Gasteiger charge is -2.10. The fourth-order valence-electron chi connectivity index (χ4n) is 3.31. The molecular formula is C25H25N5O2. The Labute approximate surface area is 187 Å². The number of carbonyl (C=O) groups is 1. The van der Waals surface area contributed by atoms with Crippen LogP contribution in [0, 0.1) is 0 Å². The van der Waals surface area contributed by atoms with E-state index in [0.717, 1.165) is 22.4 Å². The number of rotatable bonds is 5. The fraction of sp³-hybridized carbons (Fsp3) is 0.200. The summed E-state index contributed by atoms with van der Waals surface area (Å²) in [6, 6.07) is 13.1. The quantitative estimate of drug-likeness (QED) is 0.589. The Morgan fingerprint density at radius 3 is 2.59 bits per heavy atom. The number of hydrogen-bond donors (Lipinski definition) is 1. The first-order valence-electron chi connectivity index (χ1n) is 10.3. The summed E-state index contributed by atoms with van der Waals surface area (Å²) in [5, 5.41) is 2.95. The second kappa shape index (κ2) is 9.01. The average molecular weight is 428 g/mol. The van der Waals surface area contributed by atoms with Crippen LogP contribution in [0.3, 0.4) is 0 Å². The molecule has 0 aliphatic carbocycles. The third-order valence-electron chi connectivity index (χ3n) is 5.06. The van der Waals surface area contributed by atoms with E-state index in [1.807, 2.05) is 69.4 Å². The number of hydrogen-bond acceptors (Lipinski definition) is 6. The van der Waals surface area contributed by atoms with E-state index in [1.165, 1.54) is 0 Å². The van der Waals surface area contributed by atoms with E-state index in [0.29, 0.717) is 35.1 Å². The summed E-state index contributed by atoms with van der Waals surface area (Å²) in [4.78, 5) is 27.6. The molecule has 7 nitrogen and oxygen atoms in total. The molecule has 0 bridgehead atoms. The summed E-state index contributed by atoms with van der Waals surface area (Å²) in [6.45, 7) is 3.96. The van der Waals surface area contributed by atoms with E-state index >= 15 is 0 Å². The highest BCUT2D eigenvalue weighted by Gasteiger charge is 2.20. The van der Waals surface area contributed by atoms with Gasteiger partial charge in [-0.15, -0.1) is 0 Å². The summed E-state index contributed by atoms with van der Waals surface area (Å²) in [5.41, 5.74) is 5.04. The summed E-state index contributed by atoms with van der Waals surface area (Å²) in [5.74, 6) is 1.67. The normalized spacial score (nSPS) is 13.4. The second-order valence-electron chi connectivity index (χ2n) is 7.92. The van der Waals surface area contributed by atoms with Gasteiger partial charge in [0.25, 0.3) is 5.91 Å². The van der Waals surface area contributed by atoms with Gasteiger partial charge in [0.1, 0.15) is 5.75 Å². The molecule has 2 aromatic carbocycles. The number of nitrogens with zero attached hydrogens (tertiary/aromatic N) is 4. The summed E-state index contributed by atoms with van der Waals surface area (Å²) in [7, 11) is 3.81. The number of nitrogens with one attached hydrogen (secondary N) is 1. The molecule has 1 aromatic heterocycles. The van der Waals surface area contributed by atoms with Gasteiger partial charge in [0.05, 0.1) is 11.3 Å². The molecule has 0 unspecified atom stereocenters. The predicted octanol–water partition coefficient (Wildman–Crippen LogP) is 4.86. The van der Waals surface area contributed by atoms with Crippen LogP contribution in [0.2, 0.25) is 0 Å². The Kier molecular flexibility index (Phi) is 5.98. The van der Waals surface area contributed by atoms with E-state index in [1.54, 1.807) is 24.5 Å². The molecule has 1 aliphatic heterocycles. The molecule has 162 valence electrons. The van der Waals surface area contributed by atoms with Crippen molar-refractivity contribution in [3.63, 3.8) is 0 Å². The van der Waals surface area contributed by atoms with Crippen LogP contribution >= 0.6 is 0 Å². The highest BCUT2D eigenvalue weighted by molar-refractivity contribution is 6.08. The molecule has 3 aromatic rings. The van der Waals surface area contributed by atoms with Gasteiger partial charge in [-0.05, 0) is 50.1 Å². The maximum Gasteiger partial charge on any atom is 0.259 e. The Bertz CT molecular complexity index is 1210. The molecule has 1 aliphatic rings. The van der Waals surface area contributed by atoms with Gasteiger partial charge in [0, 0.05) is 44.0 Å². The molecule has 2 heterocycles. The Morgan fingerprint density at radius 1 is 1.09 bits per heavy atom. The number of anilines is 2. The molecule has 0 saturated heterocycles. The maximum absolute atomic E-state index is 12.5. The van der Waals surface area contributed by atoms with E-state index in [9.17, 15) is 4.79 Å². The number of benzene rings is 2. The van der Waals surface area contributed by atoms with Crippen LogP contribution in [-0.4, -0.2) is 35.7 Å². The fourth-order valence-corrected chi connectivity index (χ4v) is 3.31. The molecule has 0 radical (unpaired) electrons. The highest BCUT2D eigenvalue weighted by atomic mass is 16.5. The zero-order valence-electron chi connectivity index (χ0n) is 18.6. The molecule has 7 heteroatoms. The van der Waals surface area contributed by atoms with Crippen molar-refractivity contribution < 1.29 is 9.53 Å². The van der Waals surface area contributed by atoms with Crippen LogP contribution < -0.4 is 15.0 Å². The van der Waals surface area contributed by atoms with Gasteiger partial charge in [-0.25, -0.2) is 9.97 Å². The van der Waals surface area contributed by atoms with Gasteiger partial charge in [-0.1, -0.05) is 23.8 Å². The van der Waals surface area contributed by atoms with Crippen LogP contribution in [0.25, 0.3) is 0 Å². The number of carbonyl (C=O) groups excluding carboxylic acids is 1. The first-order chi connectivity index (χ1) is 15.4. The number of amides is 1. The lowest BCUT2D eigenvalue weighted by atomic mass is 10.1. The topological polar surface area (TPSA) is 79.7 Å². The monoisotopic (exact) mass is 427 g/mol. The van der Waals surface area contributed by atoms with Crippen LogP contribution in [0.5, 0.6) is 11.5 Å². The zero-order valence-corrected chi connectivity index (χ0v) is 18.6. The van der Waals surface area contributed by atoms with E-state index < -0.39 is 0 Å². The molecule has 32 heavy (non-hydrogen) atoms. The Morgan fingerprint density at radius 2 is 1.84 bits per heavy atom. The molecule has 4 rings (SSSR count). The molecule has 0 atom stereocenters. The standard InChI is InChI=1S/C25H25N5O2/c1-16(13-26-17(2)19-14-27-25(28-15-19)30(3)4)11-18-9-10-23-21(12-18)29-24(31)20-7-5-6-8-22(20)32-23/h5-10,12-15H,11H2,1-4H3,(H,29,31)/b16-13+,26-17?. The summed E-state index contributed by atoms with van der Waals surface area (Å²) in [6.07, 6.45) is 6.10. The number of para-hydroxylation sites is 1. The zero-order chi connectivity index (χ0) is 22.7. The molecule has 0 spiro atoms. The van der Waals surface area contributed by atoms with E-state index in [4.69, 9.17) is 4.74 Å². The van der Waals surface area contributed by atoms with Crippen molar-refractivity contribution in [3.05, 3.63) is 83.3 Å². The average Bonchev–Trinajstić information content (AvgIpc) is 2.93.